The number of carboxylic acids is 1. The Balaban J connectivity index is 1.88. The molecule has 1 aliphatic carbocycles. The van der Waals surface area contributed by atoms with Gasteiger partial charge in [-0.3, -0.25) is 4.90 Å². The van der Waals surface area contributed by atoms with Crippen LogP contribution < -0.4 is 0 Å². The standard InChI is InChI=1S/C15H18ClNO4S/c16-14-3-1-2-12(15(18)19)13(14)8-17(10-4-5-10)11-6-7-22(20,21)9-11/h1-3,10-11H,4-9H2,(H,18,19). The first-order valence-corrected chi connectivity index (χ1v) is 9.54. The topological polar surface area (TPSA) is 74.7 Å². The number of nitrogens with zero attached hydrogens (tertiary/aromatic N) is 1. The van der Waals surface area contributed by atoms with Crippen LogP contribution in [0.25, 0.3) is 0 Å². The fourth-order valence-corrected chi connectivity index (χ4v) is 5.08. The maximum absolute atomic E-state index is 11.7. The van der Waals surface area contributed by atoms with E-state index < -0.39 is 15.8 Å². The molecule has 1 heterocycles. The fourth-order valence-electron chi connectivity index (χ4n) is 3.10. The highest BCUT2D eigenvalue weighted by atomic mass is 35.5. The van der Waals surface area contributed by atoms with E-state index in [0.29, 0.717) is 29.6 Å². The van der Waals surface area contributed by atoms with Crippen LogP contribution in [0.1, 0.15) is 35.2 Å². The molecule has 0 bridgehead atoms. The first-order valence-electron chi connectivity index (χ1n) is 7.34. The lowest BCUT2D eigenvalue weighted by atomic mass is 10.1. The van der Waals surface area contributed by atoms with Crippen molar-refractivity contribution in [3.63, 3.8) is 0 Å². The molecule has 0 amide bonds. The smallest absolute Gasteiger partial charge is 0.336 e. The molecule has 1 unspecified atom stereocenters. The van der Waals surface area contributed by atoms with Gasteiger partial charge in [0.05, 0.1) is 17.1 Å². The van der Waals surface area contributed by atoms with Crippen molar-refractivity contribution in [3.05, 3.63) is 34.3 Å². The van der Waals surface area contributed by atoms with Crippen LogP contribution in [-0.4, -0.2) is 48.0 Å². The van der Waals surface area contributed by atoms with E-state index in [1.807, 2.05) is 0 Å². The molecule has 22 heavy (non-hydrogen) atoms. The Labute approximate surface area is 134 Å². The molecule has 1 aliphatic heterocycles. The third-order valence-corrected chi connectivity index (χ3v) is 6.49. The molecular weight excluding hydrogens is 326 g/mol. The SMILES string of the molecule is O=C(O)c1cccc(Cl)c1CN(C1CC1)C1CCS(=O)(=O)C1. The lowest BCUT2D eigenvalue weighted by Gasteiger charge is -2.29. The van der Waals surface area contributed by atoms with Crippen LogP contribution in [0.5, 0.6) is 0 Å². The summed E-state index contributed by atoms with van der Waals surface area (Å²) < 4.78 is 23.5. The molecule has 1 saturated heterocycles. The molecule has 0 spiro atoms. The number of carbonyl (C=O) groups is 1. The van der Waals surface area contributed by atoms with Crippen molar-refractivity contribution in [1.29, 1.82) is 0 Å². The van der Waals surface area contributed by atoms with E-state index >= 15 is 0 Å². The van der Waals surface area contributed by atoms with Crippen LogP contribution in [0.2, 0.25) is 5.02 Å². The van der Waals surface area contributed by atoms with E-state index in [2.05, 4.69) is 4.90 Å². The summed E-state index contributed by atoms with van der Waals surface area (Å²) >= 11 is 6.20. The monoisotopic (exact) mass is 343 g/mol. The summed E-state index contributed by atoms with van der Waals surface area (Å²) in [5.74, 6) is -0.627. The highest BCUT2D eigenvalue weighted by molar-refractivity contribution is 7.91. The van der Waals surface area contributed by atoms with Gasteiger partial charge in [-0.15, -0.1) is 0 Å². The largest absolute Gasteiger partial charge is 0.478 e. The van der Waals surface area contributed by atoms with E-state index in [9.17, 15) is 18.3 Å². The maximum atomic E-state index is 11.7. The van der Waals surface area contributed by atoms with Crippen LogP contribution >= 0.6 is 11.6 Å². The molecule has 1 aromatic carbocycles. The number of aromatic carboxylic acids is 1. The molecule has 3 rings (SSSR count). The molecule has 1 N–H and O–H groups in total. The van der Waals surface area contributed by atoms with Crippen molar-refractivity contribution < 1.29 is 18.3 Å². The molecule has 2 fully saturated rings. The molecular formula is C15H18ClNO4S. The average molecular weight is 344 g/mol. The van der Waals surface area contributed by atoms with E-state index in [0.717, 1.165) is 12.8 Å². The number of carboxylic acid groups (broad SMARTS) is 1. The van der Waals surface area contributed by atoms with Crippen LogP contribution in [-0.2, 0) is 16.4 Å². The van der Waals surface area contributed by atoms with Crippen molar-refractivity contribution in [2.75, 3.05) is 11.5 Å². The molecule has 2 aliphatic rings. The van der Waals surface area contributed by atoms with Gasteiger partial charge in [-0.05, 0) is 37.0 Å². The number of hydrogen-bond donors (Lipinski definition) is 1. The highest BCUT2D eigenvalue weighted by Gasteiger charge is 2.40. The second-order valence-electron chi connectivity index (χ2n) is 6.03. The van der Waals surface area contributed by atoms with Crippen LogP contribution in [0.3, 0.4) is 0 Å². The van der Waals surface area contributed by atoms with Crippen molar-refractivity contribution in [1.82, 2.24) is 4.90 Å². The van der Waals surface area contributed by atoms with Crippen LogP contribution in [0, 0.1) is 0 Å². The molecule has 0 radical (unpaired) electrons. The first-order chi connectivity index (χ1) is 10.4. The van der Waals surface area contributed by atoms with Crippen molar-refractivity contribution in [2.24, 2.45) is 0 Å². The number of halogens is 1. The summed E-state index contributed by atoms with van der Waals surface area (Å²) in [5.41, 5.74) is 0.770. The Bertz CT molecular complexity index is 699. The minimum Gasteiger partial charge on any atom is -0.478 e. The fraction of sp³-hybridized carbons (Fsp3) is 0.533. The Morgan fingerprint density at radius 2 is 2.00 bits per heavy atom. The Hall–Kier alpha value is -1.11. The van der Waals surface area contributed by atoms with Gasteiger partial charge in [0.2, 0.25) is 0 Å². The van der Waals surface area contributed by atoms with Gasteiger partial charge in [0.1, 0.15) is 0 Å². The quantitative estimate of drug-likeness (QED) is 0.887. The van der Waals surface area contributed by atoms with Gasteiger partial charge in [0.15, 0.2) is 9.84 Å². The number of hydrogen-bond acceptors (Lipinski definition) is 4. The molecule has 5 nitrogen and oxygen atoms in total. The molecule has 120 valence electrons. The maximum Gasteiger partial charge on any atom is 0.336 e. The Morgan fingerprint density at radius 3 is 2.55 bits per heavy atom. The van der Waals surface area contributed by atoms with Gasteiger partial charge in [-0.2, -0.15) is 0 Å². The van der Waals surface area contributed by atoms with Gasteiger partial charge in [-0.1, -0.05) is 17.7 Å². The summed E-state index contributed by atoms with van der Waals surface area (Å²) in [5, 5.41) is 9.76. The third kappa shape index (κ3) is 3.29. The van der Waals surface area contributed by atoms with Gasteiger partial charge in [0.25, 0.3) is 0 Å². The zero-order valence-corrected chi connectivity index (χ0v) is 13.6. The lowest BCUT2D eigenvalue weighted by molar-refractivity contribution is 0.0693. The number of rotatable bonds is 5. The second kappa shape index (κ2) is 5.83. The van der Waals surface area contributed by atoms with E-state index in [4.69, 9.17) is 11.6 Å². The zero-order valence-electron chi connectivity index (χ0n) is 12.0. The summed E-state index contributed by atoms with van der Waals surface area (Å²) in [6.07, 6.45) is 2.68. The minimum absolute atomic E-state index is 0.0320. The number of benzene rings is 1. The average Bonchev–Trinajstić information content (AvgIpc) is 3.21. The Kier molecular flexibility index (Phi) is 4.18. The van der Waals surface area contributed by atoms with Gasteiger partial charge >= 0.3 is 5.97 Å². The Morgan fingerprint density at radius 1 is 1.27 bits per heavy atom. The lowest BCUT2D eigenvalue weighted by Crippen LogP contribution is -2.38. The molecule has 1 aromatic rings. The van der Waals surface area contributed by atoms with Gasteiger partial charge in [0, 0.05) is 23.7 Å². The third-order valence-electron chi connectivity index (χ3n) is 4.38. The van der Waals surface area contributed by atoms with Crippen molar-refractivity contribution in [3.8, 4) is 0 Å². The first kappa shape index (κ1) is 15.8. The molecule has 0 aromatic heterocycles. The highest BCUT2D eigenvalue weighted by Crippen LogP contribution is 2.35. The summed E-state index contributed by atoms with van der Waals surface area (Å²) in [6.45, 7) is 0.395. The molecule has 1 atom stereocenters. The normalized spacial score (nSPS) is 23.8. The summed E-state index contributed by atoms with van der Waals surface area (Å²) in [6, 6.07) is 5.16. The van der Waals surface area contributed by atoms with Crippen LogP contribution in [0.15, 0.2) is 18.2 Å². The van der Waals surface area contributed by atoms with E-state index in [1.165, 1.54) is 0 Å². The van der Waals surface area contributed by atoms with Gasteiger partial charge < -0.3 is 5.11 Å². The summed E-state index contributed by atoms with van der Waals surface area (Å²) in [7, 11) is -2.97. The predicted octanol–water partition coefficient (Wildman–Crippen LogP) is 2.19. The van der Waals surface area contributed by atoms with Gasteiger partial charge in [-0.25, -0.2) is 13.2 Å². The molecule has 1 saturated carbocycles. The van der Waals surface area contributed by atoms with E-state index in [-0.39, 0.29) is 23.1 Å². The number of sulfone groups is 1. The molecule has 7 heteroatoms. The minimum atomic E-state index is -2.97. The predicted molar refractivity (Wildman–Crippen MR) is 84.0 cm³/mol. The second-order valence-corrected chi connectivity index (χ2v) is 8.67. The van der Waals surface area contributed by atoms with Crippen molar-refractivity contribution >= 4 is 27.4 Å². The zero-order chi connectivity index (χ0) is 15.9. The van der Waals surface area contributed by atoms with Crippen molar-refractivity contribution in [2.45, 2.75) is 37.9 Å². The summed E-state index contributed by atoms with van der Waals surface area (Å²) in [4.78, 5) is 13.5. The van der Waals surface area contributed by atoms with E-state index in [1.54, 1.807) is 18.2 Å². The van der Waals surface area contributed by atoms with Crippen LogP contribution in [0.4, 0.5) is 0 Å².